The minimum Gasteiger partial charge on any atom is -0.461 e. The third-order valence-electron chi connectivity index (χ3n) is 2.21. The second-order valence-electron chi connectivity index (χ2n) is 3.50. The number of carbonyl (C=O) groups is 1. The predicted octanol–water partition coefficient (Wildman–Crippen LogP) is 3.34. The molecule has 0 atom stereocenters. The van der Waals surface area contributed by atoms with Crippen LogP contribution < -0.4 is 5.32 Å². The first-order chi connectivity index (χ1) is 9.11. The van der Waals surface area contributed by atoms with E-state index in [0.29, 0.717) is 10.7 Å². The molecule has 0 amide bonds. The molecule has 7 heteroatoms. The van der Waals surface area contributed by atoms with E-state index in [2.05, 4.69) is 10.3 Å². The van der Waals surface area contributed by atoms with Gasteiger partial charge in [-0.25, -0.2) is 18.6 Å². The van der Waals surface area contributed by atoms with Crippen LogP contribution in [0.3, 0.4) is 0 Å². The van der Waals surface area contributed by atoms with Crippen molar-refractivity contribution in [1.29, 1.82) is 0 Å². The Balaban J connectivity index is 2.21. The Morgan fingerprint density at radius 3 is 2.89 bits per heavy atom. The van der Waals surface area contributed by atoms with Gasteiger partial charge in [0.15, 0.2) is 17.3 Å². The number of thiazole rings is 1. The summed E-state index contributed by atoms with van der Waals surface area (Å²) in [5.41, 5.74) is 1.92. The molecule has 0 aliphatic heterocycles. The summed E-state index contributed by atoms with van der Waals surface area (Å²) in [5, 5.41) is 3.23. The van der Waals surface area contributed by atoms with Crippen LogP contribution in [-0.4, -0.2) is 17.6 Å². The van der Waals surface area contributed by atoms with Crippen LogP contribution in [0.4, 0.5) is 19.5 Å². The lowest BCUT2D eigenvalue weighted by atomic mass is 10.3. The van der Waals surface area contributed by atoms with Crippen molar-refractivity contribution in [2.45, 2.75) is 6.92 Å². The SMILES string of the molecule is CCOC(=O)c1ncsc1Nc1ccc(F)c(F)c1. The molecule has 4 nitrogen and oxygen atoms in total. The minimum absolute atomic E-state index is 0.122. The van der Waals surface area contributed by atoms with Gasteiger partial charge in [-0.15, -0.1) is 11.3 Å². The Morgan fingerprint density at radius 1 is 1.42 bits per heavy atom. The average molecular weight is 284 g/mol. The molecule has 100 valence electrons. The van der Waals surface area contributed by atoms with Gasteiger partial charge in [-0.1, -0.05) is 0 Å². The number of aromatic nitrogens is 1. The van der Waals surface area contributed by atoms with E-state index in [9.17, 15) is 13.6 Å². The average Bonchev–Trinajstić information content (AvgIpc) is 2.82. The fourth-order valence-electron chi connectivity index (χ4n) is 1.38. The molecule has 0 aliphatic rings. The molecule has 0 unspecified atom stereocenters. The molecule has 1 aromatic carbocycles. The summed E-state index contributed by atoms with van der Waals surface area (Å²) in [7, 11) is 0. The molecule has 0 fully saturated rings. The summed E-state index contributed by atoms with van der Waals surface area (Å²) in [6, 6.07) is 3.37. The van der Waals surface area contributed by atoms with E-state index in [1.54, 1.807) is 6.92 Å². The molecule has 2 rings (SSSR count). The summed E-state index contributed by atoms with van der Waals surface area (Å²) in [6.45, 7) is 1.92. The zero-order valence-electron chi connectivity index (χ0n) is 9.94. The van der Waals surface area contributed by atoms with Crippen molar-refractivity contribution in [2.24, 2.45) is 0 Å². The van der Waals surface area contributed by atoms with Crippen molar-refractivity contribution in [3.8, 4) is 0 Å². The second kappa shape index (κ2) is 5.75. The molecule has 0 saturated carbocycles. The summed E-state index contributed by atoms with van der Waals surface area (Å²) in [5.74, 6) is -2.46. The number of hydrogen-bond donors (Lipinski definition) is 1. The van der Waals surface area contributed by atoms with Crippen molar-refractivity contribution in [3.63, 3.8) is 0 Å². The van der Waals surface area contributed by atoms with E-state index in [1.165, 1.54) is 22.9 Å². The first kappa shape index (κ1) is 13.4. The number of esters is 1. The highest BCUT2D eigenvalue weighted by atomic mass is 32.1. The van der Waals surface area contributed by atoms with E-state index in [4.69, 9.17) is 4.74 Å². The van der Waals surface area contributed by atoms with Crippen LogP contribution in [0.1, 0.15) is 17.4 Å². The van der Waals surface area contributed by atoms with E-state index < -0.39 is 17.6 Å². The summed E-state index contributed by atoms with van der Waals surface area (Å²) >= 11 is 1.17. The van der Waals surface area contributed by atoms with Crippen molar-refractivity contribution in [2.75, 3.05) is 11.9 Å². The lowest BCUT2D eigenvalue weighted by Gasteiger charge is -2.06. The Hall–Kier alpha value is -2.02. The largest absolute Gasteiger partial charge is 0.461 e. The number of rotatable bonds is 4. The Bertz CT molecular complexity index is 601. The van der Waals surface area contributed by atoms with Crippen LogP contribution in [0, 0.1) is 11.6 Å². The molecule has 0 saturated heterocycles. The maximum Gasteiger partial charge on any atom is 0.360 e. The van der Waals surface area contributed by atoms with Crippen LogP contribution in [0.25, 0.3) is 0 Å². The molecule has 0 aliphatic carbocycles. The predicted molar refractivity (Wildman–Crippen MR) is 67.7 cm³/mol. The molecule has 0 bridgehead atoms. The van der Waals surface area contributed by atoms with Crippen molar-refractivity contribution < 1.29 is 18.3 Å². The maximum absolute atomic E-state index is 13.1. The van der Waals surface area contributed by atoms with Gasteiger partial charge < -0.3 is 10.1 Å². The number of nitrogens with one attached hydrogen (secondary N) is 1. The van der Waals surface area contributed by atoms with Gasteiger partial charge in [0.05, 0.1) is 12.1 Å². The quantitative estimate of drug-likeness (QED) is 0.875. The molecule has 19 heavy (non-hydrogen) atoms. The van der Waals surface area contributed by atoms with Crippen LogP contribution in [0.15, 0.2) is 23.7 Å². The third kappa shape index (κ3) is 3.05. The number of ether oxygens (including phenoxy) is 1. The maximum atomic E-state index is 13.1. The van der Waals surface area contributed by atoms with Gasteiger partial charge in [-0.3, -0.25) is 0 Å². The van der Waals surface area contributed by atoms with Gasteiger partial charge in [0.25, 0.3) is 0 Å². The van der Waals surface area contributed by atoms with Crippen LogP contribution in [0.5, 0.6) is 0 Å². The fraction of sp³-hybridized carbons (Fsp3) is 0.167. The topological polar surface area (TPSA) is 51.2 Å². The molecule has 2 aromatic rings. The molecular weight excluding hydrogens is 274 g/mol. The highest BCUT2D eigenvalue weighted by Gasteiger charge is 2.16. The van der Waals surface area contributed by atoms with E-state index in [-0.39, 0.29) is 12.3 Å². The Labute approximate surface area is 112 Å². The van der Waals surface area contributed by atoms with E-state index >= 15 is 0 Å². The standard InChI is InChI=1S/C12H10F2N2O2S/c1-2-18-12(17)10-11(19-6-15-10)16-7-3-4-8(13)9(14)5-7/h3-6,16H,2H2,1H3. The van der Waals surface area contributed by atoms with Crippen molar-refractivity contribution in [1.82, 2.24) is 4.98 Å². The van der Waals surface area contributed by atoms with Gasteiger partial charge in [0, 0.05) is 11.8 Å². The van der Waals surface area contributed by atoms with Gasteiger partial charge in [-0.2, -0.15) is 0 Å². The fourth-order valence-corrected chi connectivity index (χ4v) is 2.07. The number of carbonyl (C=O) groups excluding carboxylic acids is 1. The first-order valence-electron chi connectivity index (χ1n) is 5.44. The Kier molecular flexibility index (Phi) is 4.06. The van der Waals surface area contributed by atoms with Crippen LogP contribution in [-0.2, 0) is 4.74 Å². The smallest absolute Gasteiger partial charge is 0.360 e. The van der Waals surface area contributed by atoms with Crippen LogP contribution in [0.2, 0.25) is 0 Å². The Morgan fingerprint density at radius 2 is 2.21 bits per heavy atom. The highest BCUT2D eigenvalue weighted by Crippen LogP contribution is 2.26. The number of halogens is 2. The number of anilines is 2. The summed E-state index contributed by atoms with van der Waals surface area (Å²) < 4.78 is 30.7. The van der Waals surface area contributed by atoms with Gasteiger partial charge in [0.1, 0.15) is 5.00 Å². The number of benzene rings is 1. The lowest BCUT2D eigenvalue weighted by Crippen LogP contribution is -2.07. The third-order valence-corrected chi connectivity index (χ3v) is 2.96. The van der Waals surface area contributed by atoms with Gasteiger partial charge in [0.2, 0.25) is 0 Å². The summed E-state index contributed by atoms with van der Waals surface area (Å²) in [4.78, 5) is 15.5. The zero-order chi connectivity index (χ0) is 13.8. The highest BCUT2D eigenvalue weighted by molar-refractivity contribution is 7.14. The zero-order valence-corrected chi connectivity index (χ0v) is 10.8. The first-order valence-corrected chi connectivity index (χ1v) is 6.32. The minimum atomic E-state index is -0.966. The second-order valence-corrected chi connectivity index (χ2v) is 4.36. The molecular formula is C12H10F2N2O2S. The van der Waals surface area contributed by atoms with Gasteiger partial charge >= 0.3 is 5.97 Å². The molecule has 1 heterocycles. The summed E-state index contributed by atoms with van der Waals surface area (Å²) in [6.07, 6.45) is 0. The van der Waals surface area contributed by atoms with E-state index in [0.717, 1.165) is 12.1 Å². The van der Waals surface area contributed by atoms with Gasteiger partial charge in [-0.05, 0) is 19.1 Å². The molecule has 1 N–H and O–H groups in total. The molecule has 1 aromatic heterocycles. The molecule has 0 radical (unpaired) electrons. The number of hydrogen-bond acceptors (Lipinski definition) is 5. The van der Waals surface area contributed by atoms with Crippen molar-refractivity contribution >= 4 is 28.0 Å². The lowest BCUT2D eigenvalue weighted by molar-refractivity contribution is 0.0521. The monoisotopic (exact) mass is 284 g/mol. The van der Waals surface area contributed by atoms with E-state index in [1.807, 2.05) is 0 Å². The van der Waals surface area contributed by atoms with Crippen molar-refractivity contribution in [3.05, 3.63) is 41.0 Å². The normalized spacial score (nSPS) is 10.3. The number of nitrogens with zero attached hydrogens (tertiary/aromatic N) is 1. The molecule has 0 spiro atoms. The van der Waals surface area contributed by atoms with Crippen LogP contribution >= 0.6 is 11.3 Å².